The molecule has 0 saturated carbocycles. The van der Waals surface area contributed by atoms with Crippen molar-refractivity contribution in [2.75, 3.05) is 44.1 Å². The number of nitrogens with zero attached hydrogens (tertiary/aromatic N) is 2. The number of carbonyl (C=O) groups excluding carboxylic acids is 1. The summed E-state index contributed by atoms with van der Waals surface area (Å²) in [5.41, 5.74) is 2.63. The van der Waals surface area contributed by atoms with Gasteiger partial charge in [-0.05, 0) is 67.9 Å². The second kappa shape index (κ2) is 9.49. The van der Waals surface area contributed by atoms with Gasteiger partial charge in [-0.15, -0.1) is 0 Å². The zero-order valence-electron chi connectivity index (χ0n) is 17.7. The lowest BCUT2D eigenvalue weighted by molar-refractivity contribution is -0.135. The van der Waals surface area contributed by atoms with Crippen LogP contribution in [0, 0.1) is 13.8 Å². The molecule has 1 aliphatic heterocycles. The van der Waals surface area contributed by atoms with Crippen LogP contribution in [-0.4, -0.2) is 63.5 Å². The van der Waals surface area contributed by atoms with Crippen LogP contribution in [-0.2, 0) is 14.8 Å². The molecule has 0 unspecified atom stereocenters. The van der Waals surface area contributed by atoms with Gasteiger partial charge in [0.2, 0.25) is 0 Å². The molecule has 1 heterocycles. The molecule has 0 bridgehead atoms. The lowest BCUT2D eigenvalue weighted by atomic mass is 10.1. The summed E-state index contributed by atoms with van der Waals surface area (Å²) in [4.78, 5) is 16.6. The fraction of sp³-hybridized carbons (Fsp3) is 0.409. The first-order chi connectivity index (χ1) is 14.3. The summed E-state index contributed by atoms with van der Waals surface area (Å²) >= 11 is 0. The molecular formula is C22H29N3O4S. The first-order valence-corrected chi connectivity index (χ1v) is 11.6. The third-order valence-corrected chi connectivity index (χ3v) is 6.82. The monoisotopic (exact) mass is 431 g/mol. The van der Waals surface area contributed by atoms with Gasteiger partial charge >= 0.3 is 0 Å². The van der Waals surface area contributed by atoms with Gasteiger partial charge in [0.25, 0.3) is 15.9 Å². The summed E-state index contributed by atoms with van der Waals surface area (Å²) < 4.78 is 33.4. The van der Waals surface area contributed by atoms with Crippen LogP contribution in [0.5, 0.6) is 5.75 Å². The van der Waals surface area contributed by atoms with Crippen molar-refractivity contribution < 1.29 is 17.9 Å². The molecular weight excluding hydrogens is 402 g/mol. The molecule has 1 aliphatic rings. The zero-order chi connectivity index (χ0) is 21.7. The third kappa shape index (κ3) is 5.52. The van der Waals surface area contributed by atoms with E-state index in [9.17, 15) is 13.2 Å². The number of piperazine rings is 1. The van der Waals surface area contributed by atoms with E-state index in [-0.39, 0.29) is 17.4 Å². The SMILES string of the molecule is CCN1CCN(C(=O)COc2ccc(S(=O)(=O)Nc3ccc(C)c(C)c3)cc2)CC1. The van der Waals surface area contributed by atoms with Crippen molar-refractivity contribution in [2.24, 2.45) is 0 Å². The highest BCUT2D eigenvalue weighted by Crippen LogP contribution is 2.21. The summed E-state index contributed by atoms with van der Waals surface area (Å²) in [6, 6.07) is 11.5. The lowest BCUT2D eigenvalue weighted by Gasteiger charge is -2.33. The Labute approximate surface area is 178 Å². The lowest BCUT2D eigenvalue weighted by Crippen LogP contribution is -2.49. The topological polar surface area (TPSA) is 79.0 Å². The van der Waals surface area contributed by atoms with E-state index in [1.165, 1.54) is 12.1 Å². The van der Waals surface area contributed by atoms with Crippen molar-refractivity contribution in [3.63, 3.8) is 0 Å². The number of anilines is 1. The van der Waals surface area contributed by atoms with Crippen LogP contribution in [0.1, 0.15) is 18.1 Å². The molecule has 0 aromatic heterocycles. The summed E-state index contributed by atoms with van der Waals surface area (Å²) in [6.07, 6.45) is 0. The molecule has 2 aromatic carbocycles. The maximum atomic E-state index is 12.6. The maximum Gasteiger partial charge on any atom is 0.261 e. The number of nitrogens with one attached hydrogen (secondary N) is 1. The molecule has 1 saturated heterocycles. The smallest absolute Gasteiger partial charge is 0.261 e. The van der Waals surface area contributed by atoms with E-state index in [1.807, 2.05) is 19.9 Å². The number of ether oxygens (including phenoxy) is 1. The Morgan fingerprint density at radius 1 is 1.00 bits per heavy atom. The summed E-state index contributed by atoms with van der Waals surface area (Å²) in [5.74, 6) is 0.402. The summed E-state index contributed by atoms with van der Waals surface area (Å²) in [6.45, 7) is 10.1. The van der Waals surface area contributed by atoms with Crippen molar-refractivity contribution in [1.29, 1.82) is 0 Å². The van der Waals surface area contributed by atoms with Gasteiger partial charge in [0, 0.05) is 31.9 Å². The van der Waals surface area contributed by atoms with Crippen molar-refractivity contribution in [3.05, 3.63) is 53.6 Å². The molecule has 8 heteroatoms. The van der Waals surface area contributed by atoms with Gasteiger partial charge in [-0.3, -0.25) is 9.52 Å². The van der Waals surface area contributed by atoms with Gasteiger partial charge in [0.05, 0.1) is 4.90 Å². The number of aryl methyl sites for hydroxylation is 2. The van der Waals surface area contributed by atoms with Gasteiger partial charge < -0.3 is 14.5 Å². The number of sulfonamides is 1. The van der Waals surface area contributed by atoms with Crippen molar-refractivity contribution in [2.45, 2.75) is 25.7 Å². The zero-order valence-corrected chi connectivity index (χ0v) is 18.5. The first kappa shape index (κ1) is 22.1. The molecule has 7 nitrogen and oxygen atoms in total. The molecule has 0 spiro atoms. The van der Waals surface area contributed by atoms with Crippen LogP contribution in [0.3, 0.4) is 0 Å². The predicted octanol–water partition coefficient (Wildman–Crippen LogP) is 2.65. The van der Waals surface area contributed by atoms with Crippen LogP contribution in [0.15, 0.2) is 47.4 Å². The van der Waals surface area contributed by atoms with E-state index < -0.39 is 10.0 Å². The van der Waals surface area contributed by atoms with E-state index in [0.29, 0.717) is 24.5 Å². The van der Waals surface area contributed by atoms with Crippen LogP contribution in [0.4, 0.5) is 5.69 Å². The van der Waals surface area contributed by atoms with Crippen LogP contribution in [0.2, 0.25) is 0 Å². The molecule has 0 aliphatic carbocycles. The number of rotatable bonds is 7. The van der Waals surface area contributed by atoms with Crippen LogP contribution < -0.4 is 9.46 Å². The minimum Gasteiger partial charge on any atom is -0.484 e. The highest BCUT2D eigenvalue weighted by atomic mass is 32.2. The minimum absolute atomic E-state index is 0.0564. The number of carbonyl (C=O) groups is 1. The molecule has 30 heavy (non-hydrogen) atoms. The Bertz CT molecular complexity index is 982. The number of hydrogen-bond acceptors (Lipinski definition) is 5. The van der Waals surface area contributed by atoms with Gasteiger partial charge in [-0.1, -0.05) is 13.0 Å². The normalized spacial score (nSPS) is 15.1. The first-order valence-electron chi connectivity index (χ1n) is 10.1. The standard InChI is InChI=1S/C22H29N3O4S/c1-4-24-11-13-25(14-12-24)22(26)16-29-20-7-9-21(10-8-20)30(27,28)23-19-6-5-17(2)18(3)15-19/h5-10,15,23H,4,11-14,16H2,1-3H3. The van der Waals surface area contributed by atoms with Gasteiger partial charge in [-0.25, -0.2) is 8.42 Å². The fourth-order valence-electron chi connectivity index (χ4n) is 3.28. The van der Waals surface area contributed by atoms with Crippen LogP contribution in [0.25, 0.3) is 0 Å². The predicted molar refractivity (Wildman–Crippen MR) is 117 cm³/mol. The van der Waals surface area contributed by atoms with Crippen molar-refractivity contribution in [1.82, 2.24) is 9.80 Å². The summed E-state index contributed by atoms with van der Waals surface area (Å²) in [7, 11) is -3.70. The number of likely N-dealkylation sites (N-methyl/N-ethyl adjacent to an activating group) is 1. The Balaban J connectivity index is 1.56. The third-order valence-electron chi connectivity index (χ3n) is 5.43. The Hall–Kier alpha value is -2.58. The molecule has 162 valence electrons. The van der Waals surface area contributed by atoms with E-state index >= 15 is 0 Å². The van der Waals surface area contributed by atoms with E-state index in [1.54, 1.807) is 29.2 Å². The highest BCUT2D eigenvalue weighted by molar-refractivity contribution is 7.92. The molecule has 2 aromatic rings. The van der Waals surface area contributed by atoms with Gasteiger partial charge in [0.1, 0.15) is 5.75 Å². The molecule has 1 amide bonds. The van der Waals surface area contributed by atoms with E-state index in [2.05, 4.69) is 16.5 Å². The molecule has 0 radical (unpaired) electrons. The quantitative estimate of drug-likeness (QED) is 0.729. The average molecular weight is 432 g/mol. The second-order valence-electron chi connectivity index (χ2n) is 7.48. The van der Waals surface area contributed by atoms with Gasteiger partial charge in [0.15, 0.2) is 6.61 Å². The molecule has 3 rings (SSSR count). The van der Waals surface area contributed by atoms with Gasteiger partial charge in [-0.2, -0.15) is 0 Å². The Kier molecular flexibility index (Phi) is 6.99. The molecule has 1 fully saturated rings. The number of amides is 1. The highest BCUT2D eigenvalue weighted by Gasteiger charge is 2.20. The second-order valence-corrected chi connectivity index (χ2v) is 9.16. The average Bonchev–Trinajstić information content (AvgIpc) is 2.75. The number of benzene rings is 2. The molecule has 1 N–H and O–H groups in total. The Morgan fingerprint density at radius 3 is 2.27 bits per heavy atom. The van der Waals surface area contributed by atoms with Crippen molar-refractivity contribution >= 4 is 21.6 Å². The maximum absolute atomic E-state index is 12.6. The fourth-order valence-corrected chi connectivity index (χ4v) is 4.33. The van der Waals surface area contributed by atoms with E-state index in [4.69, 9.17) is 4.74 Å². The van der Waals surface area contributed by atoms with E-state index in [0.717, 1.165) is 30.8 Å². The largest absolute Gasteiger partial charge is 0.484 e. The van der Waals surface area contributed by atoms with Crippen molar-refractivity contribution in [3.8, 4) is 5.75 Å². The minimum atomic E-state index is -3.70. The van der Waals surface area contributed by atoms with Crippen LogP contribution >= 0.6 is 0 Å². The molecule has 0 atom stereocenters. The number of hydrogen-bond donors (Lipinski definition) is 1. The summed E-state index contributed by atoms with van der Waals surface area (Å²) in [5, 5.41) is 0. The Morgan fingerprint density at radius 2 is 1.67 bits per heavy atom.